The molecule has 4 aromatic rings. The van der Waals surface area contributed by atoms with E-state index in [9.17, 15) is 9.59 Å². The number of hydrogen-bond donors (Lipinski definition) is 1. The Balaban J connectivity index is 1.61. The number of thioether (sulfide) groups is 1. The number of methoxy groups -OCH3 is 1. The van der Waals surface area contributed by atoms with Gasteiger partial charge < -0.3 is 19.7 Å². The SMILES string of the molecule is COc1ccc(COC(=O)C2(C=P)C(c3ccccc3)N3C(=O)C(NC=O)[C@H]3SC2(c2ccccc2)c2ccccc2)cc1. The summed E-state index contributed by atoms with van der Waals surface area (Å²) in [6, 6.07) is 35.0. The van der Waals surface area contributed by atoms with E-state index in [-0.39, 0.29) is 12.5 Å². The largest absolute Gasteiger partial charge is 0.497 e. The molecule has 6 rings (SSSR count). The number of amides is 2. The lowest BCUT2D eigenvalue weighted by Gasteiger charge is -2.65. The van der Waals surface area contributed by atoms with Crippen molar-refractivity contribution >= 4 is 44.7 Å². The Labute approximate surface area is 262 Å². The van der Waals surface area contributed by atoms with Crippen LogP contribution in [-0.2, 0) is 30.5 Å². The van der Waals surface area contributed by atoms with E-state index in [0.717, 1.165) is 22.3 Å². The minimum atomic E-state index is -1.48. The first kappa shape index (κ1) is 29.7. The summed E-state index contributed by atoms with van der Waals surface area (Å²) in [4.78, 5) is 42.2. The molecule has 44 heavy (non-hydrogen) atoms. The van der Waals surface area contributed by atoms with Crippen molar-refractivity contribution in [2.75, 3.05) is 7.11 Å². The van der Waals surface area contributed by atoms with Gasteiger partial charge in [0.05, 0.1) is 17.9 Å². The smallest absolute Gasteiger partial charge is 0.321 e. The van der Waals surface area contributed by atoms with E-state index in [1.807, 2.05) is 115 Å². The first-order valence-electron chi connectivity index (χ1n) is 14.2. The quantitative estimate of drug-likeness (QED) is 0.111. The fourth-order valence-corrected chi connectivity index (χ4v) is 9.10. The molecule has 2 aliphatic heterocycles. The zero-order chi connectivity index (χ0) is 30.7. The maximum Gasteiger partial charge on any atom is 0.321 e. The van der Waals surface area contributed by atoms with E-state index in [1.54, 1.807) is 17.8 Å². The highest BCUT2D eigenvalue weighted by Crippen LogP contribution is 2.68. The molecule has 0 saturated carbocycles. The van der Waals surface area contributed by atoms with E-state index in [2.05, 4.69) is 14.2 Å². The maximum absolute atomic E-state index is 15.1. The van der Waals surface area contributed by atoms with Crippen molar-refractivity contribution in [3.05, 3.63) is 138 Å². The van der Waals surface area contributed by atoms with Crippen molar-refractivity contribution in [1.29, 1.82) is 0 Å². The number of nitrogens with one attached hydrogen (secondary N) is 1. The number of benzene rings is 4. The second-order valence-electron chi connectivity index (χ2n) is 10.7. The van der Waals surface area contributed by atoms with Gasteiger partial charge in [0.2, 0.25) is 12.3 Å². The minimum Gasteiger partial charge on any atom is -0.497 e. The molecule has 2 fully saturated rings. The third kappa shape index (κ3) is 4.61. The van der Waals surface area contributed by atoms with E-state index < -0.39 is 33.6 Å². The molecule has 0 aromatic heterocycles. The van der Waals surface area contributed by atoms with Crippen LogP contribution in [0.2, 0.25) is 0 Å². The lowest BCUT2D eigenvalue weighted by Crippen LogP contribution is -2.77. The Bertz CT molecular complexity index is 1620. The molecule has 3 unspecified atom stereocenters. The predicted octanol–water partition coefficient (Wildman–Crippen LogP) is 5.38. The van der Waals surface area contributed by atoms with Crippen LogP contribution < -0.4 is 10.1 Å². The second-order valence-corrected chi connectivity index (χ2v) is 12.3. The highest BCUT2D eigenvalue weighted by molar-refractivity contribution is 8.01. The maximum atomic E-state index is 15.1. The highest BCUT2D eigenvalue weighted by atomic mass is 32.2. The van der Waals surface area contributed by atoms with E-state index >= 15 is 4.79 Å². The summed E-state index contributed by atoms with van der Waals surface area (Å²) in [7, 11) is 5.36. The Morgan fingerprint density at radius 2 is 1.48 bits per heavy atom. The van der Waals surface area contributed by atoms with Crippen molar-refractivity contribution in [3.63, 3.8) is 0 Å². The van der Waals surface area contributed by atoms with Gasteiger partial charge in [0, 0.05) is 0 Å². The number of esters is 1. The topological polar surface area (TPSA) is 84.9 Å². The third-order valence-corrected chi connectivity index (χ3v) is 10.8. The van der Waals surface area contributed by atoms with Crippen LogP contribution in [0.25, 0.3) is 0 Å². The molecule has 0 bridgehead atoms. The summed E-state index contributed by atoms with van der Waals surface area (Å²) in [6.45, 7) is 0.0170. The summed E-state index contributed by atoms with van der Waals surface area (Å²) in [5.74, 6) is 1.65. The van der Waals surface area contributed by atoms with Gasteiger partial charge in [0.15, 0.2) is 0 Å². The van der Waals surface area contributed by atoms with Gasteiger partial charge in [-0.3, -0.25) is 14.4 Å². The third-order valence-electron chi connectivity index (χ3n) is 8.49. The van der Waals surface area contributed by atoms with Crippen LogP contribution in [0.4, 0.5) is 0 Å². The number of hydrogen-bond acceptors (Lipinski definition) is 6. The summed E-state index contributed by atoms with van der Waals surface area (Å²) >= 11 is 1.48. The van der Waals surface area contributed by atoms with Crippen LogP contribution in [0.3, 0.4) is 0 Å². The molecule has 0 spiro atoms. The summed E-state index contributed by atoms with van der Waals surface area (Å²) in [6.07, 6.45) is 0.561. The molecule has 9 heteroatoms. The normalized spacial score (nSPS) is 23.4. The van der Waals surface area contributed by atoms with Crippen molar-refractivity contribution in [3.8, 4) is 5.75 Å². The zero-order valence-electron chi connectivity index (χ0n) is 24.0. The van der Waals surface area contributed by atoms with Crippen LogP contribution in [0, 0.1) is 5.41 Å². The second kappa shape index (κ2) is 12.3. The van der Waals surface area contributed by atoms with E-state index in [1.165, 1.54) is 11.8 Å². The summed E-state index contributed by atoms with van der Waals surface area (Å²) in [5, 5.41) is 2.27. The highest BCUT2D eigenvalue weighted by Gasteiger charge is 2.73. The van der Waals surface area contributed by atoms with Crippen LogP contribution in [0.1, 0.15) is 28.3 Å². The molecule has 7 nitrogen and oxygen atoms in total. The Morgan fingerprint density at radius 3 is 2.00 bits per heavy atom. The molecule has 222 valence electrons. The molecular formula is C35H31N2O5PS. The van der Waals surface area contributed by atoms with Crippen LogP contribution >= 0.6 is 20.6 Å². The molecule has 0 radical (unpaired) electrons. The Kier molecular flexibility index (Phi) is 8.30. The lowest BCUT2D eigenvalue weighted by atomic mass is 9.61. The summed E-state index contributed by atoms with van der Waals surface area (Å²) in [5.41, 5.74) is 1.79. The van der Waals surface area contributed by atoms with Gasteiger partial charge in [-0.2, -0.15) is 0 Å². The fraction of sp³-hybridized carbons (Fsp3) is 0.200. The van der Waals surface area contributed by atoms with Crippen LogP contribution in [-0.4, -0.2) is 47.5 Å². The first-order valence-corrected chi connectivity index (χ1v) is 15.6. The number of carbonyl (C=O) groups is 3. The number of ether oxygens (including phenoxy) is 2. The van der Waals surface area contributed by atoms with Gasteiger partial charge in [0.25, 0.3) is 0 Å². The van der Waals surface area contributed by atoms with Crippen LogP contribution in [0.15, 0.2) is 115 Å². The Hall–Kier alpha value is -4.39. The van der Waals surface area contributed by atoms with Crippen molar-refractivity contribution in [1.82, 2.24) is 10.2 Å². The molecule has 0 aliphatic carbocycles. The first-order chi connectivity index (χ1) is 21.5. The Morgan fingerprint density at radius 1 is 0.909 bits per heavy atom. The fourth-order valence-electron chi connectivity index (χ4n) is 6.47. The standard InChI is InChI=1S/C35H31N2O5PS/c1-41-28-19-17-24(18-20-28)21-42-33(40)34(22-43)30(25-11-5-2-6-12-25)37-31(39)29(36-23-38)32(37)44-35(34,26-13-7-3-8-14-26)27-15-9-4-10-16-27/h2-20,22-23,29-30,32,43H,21H2,1H3,(H,36,38)/t29?,30?,32-,34?/m1/s1. The van der Waals surface area contributed by atoms with Crippen molar-refractivity contribution in [2.45, 2.75) is 28.8 Å². The van der Waals surface area contributed by atoms with E-state index in [4.69, 9.17) is 9.47 Å². The van der Waals surface area contributed by atoms with Gasteiger partial charge in [0.1, 0.15) is 29.2 Å². The molecule has 1 N–H and O–H groups in total. The molecule has 4 atom stereocenters. The average Bonchev–Trinajstić information content (AvgIpc) is 3.09. The molecule has 4 aromatic carbocycles. The predicted molar refractivity (Wildman–Crippen MR) is 174 cm³/mol. The van der Waals surface area contributed by atoms with Gasteiger partial charge >= 0.3 is 5.97 Å². The van der Waals surface area contributed by atoms with Crippen molar-refractivity contribution in [2.24, 2.45) is 5.41 Å². The summed E-state index contributed by atoms with van der Waals surface area (Å²) < 4.78 is 10.4. The number of nitrogens with zero attached hydrogens (tertiary/aromatic N) is 1. The van der Waals surface area contributed by atoms with Gasteiger partial charge in [-0.05, 0) is 40.2 Å². The number of β-lactam (4-membered cyclic amide) rings is 1. The molecular weight excluding hydrogens is 591 g/mol. The van der Waals surface area contributed by atoms with Crippen molar-refractivity contribution < 1.29 is 23.9 Å². The molecule has 2 aliphatic rings. The van der Waals surface area contributed by atoms with Gasteiger partial charge in [-0.25, -0.2) is 0 Å². The average molecular weight is 623 g/mol. The molecule has 2 saturated heterocycles. The van der Waals surface area contributed by atoms with Gasteiger partial charge in [-0.1, -0.05) is 103 Å². The lowest BCUT2D eigenvalue weighted by molar-refractivity contribution is -0.169. The minimum absolute atomic E-state index is 0.0170. The zero-order valence-corrected chi connectivity index (χ0v) is 25.8. The van der Waals surface area contributed by atoms with E-state index in [0.29, 0.717) is 12.2 Å². The molecule has 2 heterocycles. The van der Waals surface area contributed by atoms with Crippen LogP contribution in [0.5, 0.6) is 5.75 Å². The number of fused-ring (bicyclic) bond motifs is 1. The monoisotopic (exact) mass is 622 g/mol. The van der Waals surface area contributed by atoms with Gasteiger partial charge in [-0.15, -0.1) is 20.6 Å². The number of carbonyl (C=O) groups excluding carboxylic acids is 3. The number of rotatable bonds is 10. The molecule has 2 amide bonds.